The maximum absolute atomic E-state index is 10.3. The van der Waals surface area contributed by atoms with E-state index in [1.807, 2.05) is 0 Å². The molecule has 0 aromatic heterocycles. The average Bonchev–Trinajstić information content (AvgIpc) is 3.05. The SMILES string of the molecule is CC(C)(CCN1C=NNC1)NCC(O)c1ccc(O)c(CO)c1. The minimum absolute atomic E-state index is 0.0395. The molecule has 23 heavy (non-hydrogen) atoms. The Labute approximate surface area is 136 Å². The Morgan fingerprint density at radius 1 is 1.43 bits per heavy atom. The number of hydrogen-bond donors (Lipinski definition) is 5. The third-order valence-electron chi connectivity index (χ3n) is 4.04. The minimum atomic E-state index is -0.699. The third-order valence-corrected chi connectivity index (χ3v) is 4.04. The lowest BCUT2D eigenvalue weighted by atomic mass is 9.99. The van der Waals surface area contributed by atoms with E-state index in [4.69, 9.17) is 0 Å². The maximum Gasteiger partial charge on any atom is 0.121 e. The fourth-order valence-electron chi connectivity index (χ4n) is 2.37. The van der Waals surface area contributed by atoms with E-state index >= 15 is 0 Å². The molecule has 0 aliphatic carbocycles. The largest absolute Gasteiger partial charge is 0.508 e. The predicted molar refractivity (Wildman–Crippen MR) is 88.9 cm³/mol. The second-order valence-corrected chi connectivity index (χ2v) is 6.45. The van der Waals surface area contributed by atoms with Crippen LogP contribution < -0.4 is 10.7 Å². The monoisotopic (exact) mass is 322 g/mol. The summed E-state index contributed by atoms with van der Waals surface area (Å²) in [6, 6.07) is 4.79. The summed E-state index contributed by atoms with van der Waals surface area (Å²) in [5.41, 5.74) is 3.85. The summed E-state index contributed by atoms with van der Waals surface area (Å²) in [7, 11) is 0. The molecule has 1 atom stereocenters. The van der Waals surface area contributed by atoms with Gasteiger partial charge in [0.15, 0.2) is 0 Å². The van der Waals surface area contributed by atoms with Crippen molar-refractivity contribution in [2.24, 2.45) is 5.10 Å². The zero-order valence-electron chi connectivity index (χ0n) is 13.7. The van der Waals surface area contributed by atoms with Crippen LogP contribution in [0.4, 0.5) is 0 Å². The van der Waals surface area contributed by atoms with Gasteiger partial charge in [0, 0.05) is 24.2 Å². The van der Waals surface area contributed by atoms with E-state index in [0.717, 1.165) is 19.6 Å². The summed E-state index contributed by atoms with van der Waals surface area (Å²) in [4.78, 5) is 2.09. The first-order valence-electron chi connectivity index (χ1n) is 7.77. The van der Waals surface area contributed by atoms with Crippen LogP contribution in [0.5, 0.6) is 5.75 Å². The minimum Gasteiger partial charge on any atom is -0.508 e. The van der Waals surface area contributed by atoms with Gasteiger partial charge in [-0.25, -0.2) is 0 Å². The fourth-order valence-corrected chi connectivity index (χ4v) is 2.37. The number of hydrazone groups is 1. The normalized spacial score (nSPS) is 15.7. The summed E-state index contributed by atoms with van der Waals surface area (Å²) in [6.07, 6.45) is 2.00. The van der Waals surface area contributed by atoms with E-state index in [1.54, 1.807) is 18.5 Å². The zero-order valence-corrected chi connectivity index (χ0v) is 13.7. The van der Waals surface area contributed by atoms with Gasteiger partial charge in [-0.3, -0.25) is 5.43 Å². The summed E-state index contributed by atoms with van der Waals surface area (Å²) in [5.74, 6) is 0.0395. The first kappa shape index (κ1) is 17.5. The van der Waals surface area contributed by atoms with Gasteiger partial charge < -0.3 is 25.5 Å². The topological polar surface area (TPSA) is 100 Å². The van der Waals surface area contributed by atoms with Crippen LogP contribution in [-0.2, 0) is 6.61 Å². The first-order chi connectivity index (χ1) is 10.9. The molecule has 7 heteroatoms. The average molecular weight is 322 g/mol. The highest BCUT2D eigenvalue weighted by atomic mass is 16.3. The molecule has 1 aromatic carbocycles. The molecular weight excluding hydrogens is 296 g/mol. The van der Waals surface area contributed by atoms with Gasteiger partial charge in [0.2, 0.25) is 0 Å². The van der Waals surface area contributed by atoms with Crippen molar-refractivity contribution in [1.29, 1.82) is 0 Å². The molecule has 0 radical (unpaired) electrons. The Hall–Kier alpha value is -1.83. The molecule has 7 nitrogen and oxygen atoms in total. The second kappa shape index (κ2) is 7.63. The lowest BCUT2D eigenvalue weighted by Gasteiger charge is -2.29. The molecule has 5 N–H and O–H groups in total. The van der Waals surface area contributed by atoms with Gasteiger partial charge >= 0.3 is 0 Å². The number of aromatic hydroxyl groups is 1. The summed E-state index contributed by atoms with van der Waals surface area (Å²) < 4.78 is 0. The lowest BCUT2D eigenvalue weighted by Crippen LogP contribution is -2.44. The molecule has 1 aliphatic rings. The molecule has 0 bridgehead atoms. The molecule has 0 saturated heterocycles. The molecule has 1 aromatic rings. The Kier molecular flexibility index (Phi) is 5.81. The van der Waals surface area contributed by atoms with Gasteiger partial charge in [-0.05, 0) is 38.0 Å². The number of nitrogens with one attached hydrogen (secondary N) is 2. The number of aliphatic hydroxyl groups is 2. The zero-order chi connectivity index (χ0) is 16.9. The van der Waals surface area contributed by atoms with E-state index in [2.05, 4.69) is 34.6 Å². The molecular formula is C16H26N4O3. The molecule has 1 aliphatic heterocycles. The molecule has 128 valence electrons. The van der Waals surface area contributed by atoms with Crippen molar-refractivity contribution in [1.82, 2.24) is 15.6 Å². The molecule has 1 heterocycles. The van der Waals surface area contributed by atoms with Gasteiger partial charge in [-0.2, -0.15) is 5.10 Å². The van der Waals surface area contributed by atoms with Crippen molar-refractivity contribution in [2.75, 3.05) is 19.8 Å². The van der Waals surface area contributed by atoms with E-state index in [0.29, 0.717) is 17.7 Å². The number of rotatable bonds is 8. The van der Waals surface area contributed by atoms with Gasteiger partial charge in [0.1, 0.15) is 18.8 Å². The van der Waals surface area contributed by atoms with Crippen LogP contribution in [0, 0.1) is 0 Å². The number of nitrogens with zero attached hydrogens (tertiary/aromatic N) is 2. The Morgan fingerprint density at radius 3 is 2.87 bits per heavy atom. The van der Waals surface area contributed by atoms with Crippen LogP contribution in [0.3, 0.4) is 0 Å². The van der Waals surface area contributed by atoms with Crippen molar-refractivity contribution in [3.8, 4) is 5.75 Å². The van der Waals surface area contributed by atoms with Crippen LogP contribution >= 0.6 is 0 Å². The Balaban J connectivity index is 1.84. The fraction of sp³-hybridized carbons (Fsp3) is 0.562. The van der Waals surface area contributed by atoms with Crippen molar-refractivity contribution >= 4 is 6.34 Å². The van der Waals surface area contributed by atoms with Gasteiger partial charge in [0.25, 0.3) is 0 Å². The number of hydrogen-bond acceptors (Lipinski definition) is 7. The highest BCUT2D eigenvalue weighted by Crippen LogP contribution is 2.22. The highest BCUT2D eigenvalue weighted by Gasteiger charge is 2.21. The van der Waals surface area contributed by atoms with E-state index in [-0.39, 0.29) is 17.9 Å². The van der Waals surface area contributed by atoms with Crippen LogP contribution in [0.25, 0.3) is 0 Å². The van der Waals surface area contributed by atoms with Crippen molar-refractivity contribution in [2.45, 2.75) is 38.5 Å². The quantitative estimate of drug-likeness (QED) is 0.477. The van der Waals surface area contributed by atoms with Crippen LogP contribution in [0.15, 0.2) is 23.3 Å². The van der Waals surface area contributed by atoms with Crippen molar-refractivity contribution in [3.63, 3.8) is 0 Å². The van der Waals surface area contributed by atoms with E-state index < -0.39 is 6.10 Å². The predicted octanol–water partition coefficient (Wildman–Crippen LogP) is 0.482. The van der Waals surface area contributed by atoms with Crippen LogP contribution in [-0.4, -0.2) is 51.9 Å². The Morgan fingerprint density at radius 2 is 2.22 bits per heavy atom. The van der Waals surface area contributed by atoms with Gasteiger partial charge in [-0.1, -0.05) is 6.07 Å². The van der Waals surface area contributed by atoms with E-state index in [1.165, 1.54) is 6.07 Å². The molecule has 0 fully saturated rings. The van der Waals surface area contributed by atoms with Crippen molar-refractivity contribution in [3.05, 3.63) is 29.3 Å². The summed E-state index contributed by atoms with van der Waals surface area (Å²) >= 11 is 0. The smallest absolute Gasteiger partial charge is 0.121 e. The third kappa shape index (κ3) is 5.09. The highest BCUT2D eigenvalue weighted by molar-refractivity contribution is 5.55. The molecule has 0 saturated carbocycles. The number of benzene rings is 1. The standard InChI is InChI=1S/C16H26N4O3/c1-16(2,5-6-20-10-18-19-11-20)17-8-15(23)12-3-4-14(22)13(7-12)9-21/h3-4,7,10,15,17,19,21-23H,5-6,8-9,11H2,1-2H3. The molecule has 0 amide bonds. The second-order valence-electron chi connectivity index (χ2n) is 6.45. The molecule has 0 spiro atoms. The summed E-state index contributed by atoms with van der Waals surface area (Å²) in [6.45, 7) is 5.94. The van der Waals surface area contributed by atoms with E-state index in [9.17, 15) is 15.3 Å². The number of β-amino-alcohol motifs (C(OH)–C–C–N with tert-alkyl or cyclic N) is 1. The first-order valence-corrected chi connectivity index (χ1v) is 7.77. The van der Waals surface area contributed by atoms with Gasteiger partial charge in [-0.15, -0.1) is 0 Å². The van der Waals surface area contributed by atoms with Crippen LogP contribution in [0.2, 0.25) is 0 Å². The summed E-state index contributed by atoms with van der Waals surface area (Å²) in [5, 5.41) is 36.4. The maximum atomic E-state index is 10.3. The Bertz CT molecular complexity index is 548. The van der Waals surface area contributed by atoms with Crippen LogP contribution in [0.1, 0.15) is 37.5 Å². The number of aliphatic hydroxyl groups excluding tert-OH is 2. The molecule has 1 unspecified atom stereocenters. The van der Waals surface area contributed by atoms with Crippen molar-refractivity contribution < 1.29 is 15.3 Å². The van der Waals surface area contributed by atoms with Gasteiger partial charge in [0.05, 0.1) is 12.7 Å². The number of phenols is 1. The molecule has 2 rings (SSSR count). The lowest BCUT2D eigenvalue weighted by molar-refractivity contribution is 0.157.